The predicted octanol–water partition coefficient (Wildman–Crippen LogP) is 5.39. The van der Waals surface area contributed by atoms with Gasteiger partial charge in [0.15, 0.2) is 0 Å². The maximum absolute atomic E-state index is 4.76. The lowest BCUT2D eigenvalue weighted by Crippen LogP contribution is -2.46. The number of pyridine rings is 1. The van der Waals surface area contributed by atoms with Crippen molar-refractivity contribution < 1.29 is 0 Å². The van der Waals surface area contributed by atoms with Crippen LogP contribution in [-0.2, 0) is 6.54 Å². The number of fused-ring (bicyclic) bond motifs is 1. The molecule has 0 unspecified atom stereocenters. The number of imidazole rings is 1. The number of hydrogen-bond donors (Lipinski definition) is 0. The van der Waals surface area contributed by atoms with E-state index in [1.165, 1.54) is 16.8 Å². The van der Waals surface area contributed by atoms with Crippen molar-refractivity contribution in [3.63, 3.8) is 0 Å². The van der Waals surface area contributed by atoms with Gasteiger partial charge >= 0.3 is 0 Å². The highest BCUT2D eigenvalue weighted by molar-refractivity contribution is 5.80. The summed E-state index contributed by atoms with van der Waals surface area (Å²) in [5, 5.41) is 0. The monoisotopic (exact) mass is 459 g/mol. The molecule has 6 rings (SSSR count). The van der Waals surface area contributed by atoms with E-state index in [-0.39, 0.29) is 6.04 Å². The van der Waals surface area contributed by atoms with E-state index in [4.69, 9.17) is 4.98 Å². The molecule has 0 N–H and O–H groups in total. The van der Waals surface area contributed by atoms with Crippen LogP contribution in [0.25, 0.3) is 11.0 Å². The Morgan fingerprint density at radius 2 is 1.37 bits per heavy atom. The van der Waals surface area contributed by atoms with Gasteiger partial charge in [0.1, 0.15) is 0 Å². The number of piperazine rings is 1. The van der Waals surface area contributed by atoms with Crippen LogP contribution in [0.15, 0.2) is 110 Å². The lowest BCUT2D eigenvalue weighted by Gasteiger charge is -2.36. The van der Waals surface area contributed by atoms with Crippen molar-refractivity contribution >= 4 is 16.7 Å². The van der Waals surface area contributed by atoms with E-state index in [0.29, 0.717) is 0 Å². The molecular formula is C30H29N5. The van der Waals surface area contributed by atoms with Gasteiger partial charge in [0.2, 0.25) is 0 Å². The number of nitrogens with zero attached hydrogens (tertiary/aromatic N) is 5. The molecule has 1 fully saturated rings. The lowest BCUT2D eigenvalue weighted by molar-refractivity contribution is 0.247. The predicted molar refractivity (Wildman–Crippen MR) is 142 cm³/mol. The van der Waals surface area contributed by atoms with Gasteiger partial charge in [-0.25, -0.2) is 4.98 Å². The molecule has 2 aromatic heterocycles. The van der Waals surface area contributed by atoms with E-state index in [1.54, 1.807) is 0 Å². The van der Waals surface area contributed by atoms with Gasteiger partial charge in [0.25, 0.3) is 0 Å². The molecular weight excluding hydrogens is 430 g/mol. The Bertz CT molecular complexity index is 1330. The molecule has 0 spiro atoms. The van der Waals surface area contributed by atoms with Gasteiger partial charge < -0.3 is 9.47 Å². The van der Waals surface area contributed by atoms with E-state index in [2.05, 4.69) is 110 Å². The quantitative estimate of drug-likeness (QED) is 0.341. The highest BCUT2D eigenvalue weighted by Gasteiger charge is 2.21. The van der Waals surface area contributed by atoms with Gasteiger partial charge in [0.05, 0.1) is 29.1 Å². The molecule has 0 radical (unpaired) electrons. The van der Waals surface area contributed by atoms with Crippen LogP contribution in [0.5, 0.6) is 0 Å². The normalized spacial score (nSPS) is 14.6. The second kappa shape index (κ2) is 9.72. The van der Waals surface area contributed by atoms with Crippen LogP contribution in [0, 0.1) is 0 Å². The Kier molecular flexibility index (Phi) is 5.99. The minimum atomic E-state index is 0.0767. The summed E-state index contributed by atoms with van der Waals surface area (Å²) in [4.78, 5) is 14.2. The SMILES string of the molecule is c1ccc(C(c2ccccc2)n2cnc3ccc(N4CCN(Cc5ccccn5)CC4)cc32)cc1. The fraction of sp³-hybridized carbons (Fsp3) is 0.200. The van der Waals surface area contributed by atoms with Crippen LogP contribution in [0.3, 0.4) is 0 Å². The van der Waals surface area contributed by atoms with Crippen LogP contribution in [-0.4, -0.2) is 45.6 Å². The van der Waals surface area contributed by atoms with Crippen LogP contribution in [0.2, 0.25) is 0 Å². The lowest BCUT2D eigenvalue weighted by atomic mass is 9.98. The molecule has 5 heteroatoms. The standard InChI is InChI=1S/C30H29N5/c1-3-9-24(10-4-1)30(25-11-5-2-6-12-25)35-23-32-28-15-14-27(21-29(28)35)34-19-17-33(18-20-34)22-26-13-7-8-16-31-26/h1-16,21,23,30H,17-20,22H2. The summed E-state index contributed by atoms with van der Waals surface area (Å²) < 4.78 is 2.32. The summed E-state index contributed by atoms with van der Waals surface area (Å²) >= 11 is 0. The number of benzene rings is 3. The van der Waals surface area contributed by atoms with Gasteiger partial charge in [-0.05, 0) is 41.5 Å². The van der Waals surface area contributed by atoms with Crippen molar-refractivity contribution in [1.82, 2.24) is 19.4 Å². The zero-order valence-corrected chi connectivity index (χ0v) is 19.7. The number of rotatable bonds is 6. The Labute approximate surface area is 206 Å². The van der Waals surface area contributed by atoms with Gasteiger partial charge in [0, 0.05) is 44.6 Å². The van der Waals surface area contributed by atoms with Gasteiger partial charge in [-0.3, -0.25) is 9.88 Å². The smallest absolute Gasteiger partial charge is 0.0966 e. The van der Waals surface area contributed by atoms with Crippen molar-refractivity contribution in [1.29, 1.82) is 0 Å². The molecule has 0 aliphatic carbocycles. The Morgan fingerprint density at radius 1 is 0.686 bits per heavy atom. The van der Waals surface area contributed by atoms with Crippen LogP contribution >= 0.6 is 0 Å². The molecule has 3 heterocycles. The number of aromatic nitrogens is 3. The molecule has 35 heavy (non-hydrogen) atoms. The average Bonchev–Trinajstić information content (AvgIpc) is 3.34. The fourth-order valence-electron chi connectivity index (χ4n) is 5.09. The third kappa shape index (κ3) is 4.55. The van der Waals surface area contributed by atoms with Gasteiger partial charge in [-0.2, -0.15) is 0 Å². The molecule has 1 saturated heterocycles. The Hall–Kier alpha value is -3.96. The topological polar surface area (TPSA) is 37.2 Å². The molecule has 5 nitrogen and oxygen atoms in total. The Morgan fingerprint density at radius 3 is 2.03 bits per heavy atom. The van der Waals surface area contributed by atoms with E-state index in [0.717, 1.165) is 49.5 Å². The van der Waals surface area contributed by atoms with Crippen LogP contribution in [0.1, 0.15) is 22.9 Å². The summed E-state index contributed by atoms with van der Waals surface area (Å²) in [6.07, 6.45) is 3.87. The molecule has 0 amide bonds. The van der Waals surface area contributed by atoms with Crippen molar-refractivity contribution in [3.8, 4) is 0 Å². The molecule has 1 aliphatic heterocycles. The highest BCUT2D eigenvalue weighted by atomic mass is 15.3. The summed E-state index contributed by atoms with van der Waals surface area (Å²) in [5.41, 5.74) is 7.10. The van der Waals surface area contributed by atoms with E-state index in [1.807, 2.05) is 18.6 Å². The molecule has 3 aromatic carbocycles. The summed E-state index contributed by atoms with van der Waals surface area (Å²) in [6.45, 7) is 4.99. The largest absolute Gasteiger partial charge is 0.369 e. The summed E-state index contributed by atoms with van der Waals surface area (Å²) in [7, 11) is 0. The molecule has 1 aliphatic rings. The summed E-state index contributed by atoms with van der Waals surface area (Å²) in [5.74, 6) is 0. The van der Waals surface area contributed by atoms with E-state index in [9.17, 15) is 0 Å². The van der Waals surface area contributed by atoms with Crippen molar-refractivity contribution in [2.45, 2.75) is 12.6 Å². The molecule has 0 bridgehead atoms. The zero-order valence-electron chi connectivity index (χ0n) is 19.7. The minimum Gasteiger partial charge on any atom is -0.369 e. The minimum absolute atomic E-state index is 0.0767. The zero-order chi connectivity index (χ0) is 23.5. The highest BCUT2D eigenvalue weighted by Crippen LogP contribution is 2.32. The average molecular weight is 460 g/mol. The molecule has 5 aromatic rings. The second-order valence-electron chi connectivity index (χ2n) is 9.13. The number of hydrogen-bond acceptors (Lipinski definition) is 4. The van der Waals surface area contributed by atoms with Crippen LogP contribution < -0.4 is 4.90 Å². The van der Waals surface area contributed by atoms with E-state index >= 15 is 0 Å². The maximum atomic E-state index is 4.76. The van der Waals surface area contributed by atoms with Gasteiger partial charge in [-0.1, -0.05) is 66.7 Å². The first-order valence-corrected chi connectivity index (χ1v) is 12.3. The first kappa shape index (κ1) is 21.6. The molecule has 174 valence electrons. The van der Waals surface area contributed by atoms with Gasteiger partial charge in [-0.15, -0.1) is 0 Å². The first-order valence-electron chi connectivity index (χ1n) is 12.3. The fourth-order valence-corrected chi connectivity index (χ4v) is 5.09. The van der Waals surface area contributed by atoms with Crippen LogP contribution in [0.4, 0.5) is 5.69 Å². The van der Waals surface area contributed by atoms with Crippen molar-refractivity contribution in [2.75, 3.05) is 31.1 Å². The second-order valence-corrected chi connectivity index (χ2v) is 9.13. The number of anilines is 1. The molecule has 0 atom stereocenters. The van der Waals surface area contributed by atoms with Crippen molar-refractivity contribution in [3.05, 3.63) is 126 Å². The van der Waals surface area contributed by atoms with E-state index < -0.39 is 0 Å². The van der Waals surface area contributed by atoms with Crippen molar-refractivity contribution in [2.24, 2.45) is 0 Å². The first-order chi connectivity index (χ1) is 17.3. The summed E-state index contributed by atoms with van der Waals surface area (Å²) in [6, 6.07) is 34.3. The third-order valence-corrected chi connectivity index (χ3v) is 6.92. The maximum Gasteiger partial charge on any atom is 0.0966 e. The Balaban J connectivity index is 1.28. The third-order valence-electron chi connectivity index (χ3n) is 6.92. The molecule has 0 saturated carbocycles.